The van der Waals surface area contributed by atoms with Gasteiger partial charge in [-0.05, 0) is 59.5 Å². The van der Waals surface area contributed by atoms with Gasteiger partial charge in [0.05, 0.1) is 11.4 Å². The molecule has 1 aliphatic heterocycles. The Kier molecular flexibility index (Phi) is 8.41. The van der Waals surface area contributed by atoms with Crippen LogP contribution in [0.3, 0.4) is 0 Å². The lowest BCUT2D eigenvalue weighted by Crippen LogP contribution is -2.36. The smallest absolute Gasteiger partial charge is 0.305 e. The number of carboxylic acids is 1. The Morgan fingerprint density at radius 3 is 2.24 bits per heavy atom. The molecule has 41 heavy (non-hydrogen) atoms. The van der Waals surface area contributed by atoms with Gasteiger partial charge in [-0.15, -0.1) is 0 Å². The molecule has 0 radical (unpaired) electrons. The molecule has 1 atom stereocenters. The predicted octanol–water partition coefficient (Wildman–Crippen LogP) is 7.16. The van der Waals surface area contributed by atoms with E-state index in [4.69, 9.17) is 16.3 Å². The third-order valence-corrected chi connectivity index (χ3v) is 7.79. The van der Waals surface area contributed by atoms with Crippen LogP contribution in [0.5, 0.6) is 5.75 Å². The number of amides is 1. The van der Waals surface area contributed by atoms with Crippen molar-refractivity contribution in [2.45, 2.75) is 37.7 Å². The molecule has 0 aliphatic carbocycles. The van der Waals surface area contributed by atoms with Crippen molar-refractivity contribution in [2.75, 3.05) is 13.1 Å². The van der Waals surface area contributed by atoms with Crippen LogP contribution in [0, 0.1) is 5.82 Å². The molecule has 0 saturated carbocycles. The fraction of sp³-hybridized carbons (Fsp3) is 0.235. The Bertz CT molecular complexity index is 1510. The van der Waals surface area contributed by atoms with Gasteiger partial charge in [0.25, 0.3) is 5.91 Å². The first-order valence-electron chi connectivity index (χ1n) is 13.6. The Balaban J connectivity index is 1.39. The van der Waals surface area contributed by atoms with Crippen LogP contribution in [0.25, 0.3) is 0 Å². The summed E-state index contributed by atoms with van der Waals surface area (Å²) in [5.74, 6) is -1.12. The van der Waals surface area contributed by atoms with Crippen molar-refractivity contribution in [3.05, 3.63) is 136 Å². The first-order valence-corrected chi connectivity index (χ1v) is 14.0. The number of aliphatic carboxylic acids is 1. The van der Waals surface area contributed by atoms with Crippen LogP contribution in [-0.2, 0) is 17.6 Å². The average Bonchev–Trinajstić information content (AvgIpc) is 3.30. The van der Waals surface area contributed by atoms with Crippen LogP contribution in [0.2, 0.25) is 5.02 Å². The predicted molar refractivity (Wildman–Crippen MR) is 157 cm³/mol. The van der Waals surface area contributed by atoms with Crippen LogP contribution < -0.4 is 4.74 Å². The van der Waals surface area contributed by atoms with Crippen LogP contribution in [-0.4, -0.2) is 40.6 Å². The summed E-state index contributed by atoms with van der Waals surface area (Å²) < 4.78 is 20.3. The molecule has 0 aromatic heterocycles. The summed E-state index contributed by atoms with van der Waals surface area (Å²) in [6, 6.07) is 29.9. The molecular weight excluding hydrogens is 541 g/mol. The number of halogens is 2. The van der Waals surface area contributed by atoms with E-state index in [1.165, 1.54) is 12.1 Å². The lowest BCUT2D eigenvalue weighted by Gasteiger charge is -2.28. The molecule has 0 spiro atoms. The van der Waals surface area contributed by atoms with Gasteiger partial charge in [0, 0.05) is 37.4 Å². The Hall–Kier alpha value is -4.16. The van der Waals surface area contributed by atoms with E-state index in [0.717, 1.165) is 22.3 Å². The molecule has 0 fully saturated rings. The monoisotopic (exact) mass is 571 g/mol. The highest BCUT2D eigenvalue weighted by Crippen LogP contribution is 2.38. The summed E-state index contributed by atoms with van der Waals surface area (Å²) in [6.45, 7) is 2.37. The number of hydrogen-bond acceptors (Lipinski definition) is 3. The van der Waals surface area contributed by atoms with Gasteiger partial charge in [-0.3, -0.25) is 9.59 Å². The minimum Gasteiger partial charge on any atom is -0.487 e. The number of carbonyl (C=O) groups excluding carboxylic acids is 1. The Labute approximate surface area is 244 Å². The molecule has 210 valence electrons. The second kappa shape index (κ2) is 12.1. The molecule has 0 saturated heterocycles. The number of ether oxygens (including phenoxy) is 1. The summed E-state index contributed by atoms with van der Waals surface area (Å²) in [7, 11) is 0. The fourth-order valence-corrected chi connectivity index (χ4v) is 5.64. The minimum atomic E-state index is -0.962. The maximum absolute atomic E-state index is 14.0. The van der Waals surface area contributed by atoms with E-state index in [9.17, 15) is 19.1 Å². The summed E-state index contributed by atoms with van der Waals surface area (Å²) in [4.78, 5) is 27.1. The quantitative estimate of drug-likeness (QED) is 0.219. The highest BCUT2D eigenvalue weighted by molar-refractivity contribution is 6.30. The van der Waals surface area contributed by atoms with Crippen LogP contribution in [0.4, 0.5) is 4.39 Å². The molecule has 0 unspecified atom stereocenters. The topological polar surface area (TPSA) is 66.8 Å². The molecular formula is C34H31ClFNO4. The third-order valence-electron chi connectivity index (χ3n) is 7.48. The van der Waals surface area contributed by atoms with E-state index in [2.05, 4.69) is 0 Å². The van der Waals surface area contributed by atoms with Gasteiger partial charge in [0.1, 0.15) is 17.2 Å². The van der Waals surface area contributed by atoms with Crippen molar-refractivity contribution >= 4 is 23.5 Å². The molecule has 4 aromatic rings. The van der Waals surface area contributed by atoms with Crippen molar-refractivity contribution in [3.8, 4) is 5.75 Å². The van der Waals surface area contributed by atoms with Crippen LogP contribution in [0.1, 0.15) is 51.9 Å². The maximum Gasteiger partial charge on any atom is 0.305 e. The van der Waals surface area contributed by atoms with Gasteiger partial charge in [-0.2, -0.15) is 0 Å². The van der Waals surface area contributed by atoms with Crippen molar-refractivity contribution in [2.24, 2.45) is 0 Å². The molecule has 1 N–H and O–H groups in total. The number of benzene rings is 4. The van der Waals surface area contributed by atoms with Crippen molar-refractivity contribution in [1.29, 1.82) is 0 Å². The largest absolute Gasteiger partial charge is 0.487 e. The second-order valence-electron chi connectivity index (χ2n) is 10.7. The summed E-state index contributed by atoms with van der Waals surface area (Å²) in [6.07, 6.45) is 0.852. The van der Waals surface area contributed by atoms with Gasteiger partial charge in [-0.25, -0.2) is 4.39 Å². The molecule has 5 rings (SSSR count). The maximum atomic E-state index is 14.0. The number of nitrogens with zero attached hydrogens (tertiary/aromatic N) is 1. The molecule has 1 heterocycles. The first kappa shape index (κ1) is 28.4. The number of fused-ring (bicyclic) bond motifs is 1. The first-order chi connectivity index (χ1) is 19.7. The Morgan fingerprint density at radius 2 is 1.63 bits per heavy atom. The van der Waals surface area contributed by atoms with E-state index >= 15 is 0 Å². The van der Waals surface area contributed by atoms with Gasteiger partial charge in [0.2, 0.25) is 0 Å². The normalized spacial score (nSPS) is 15.8. The number of hydrogen-bond donors (Lipinski definition) is 1. The zero-order valence-electron chi connectivity index (χ0n) is 22.7. The lowest BCUT2D eigenvalue weighted by molar-refractivity contribution is -0.137. The van der Waals surface area contributed by atoms with Gasteiger partial charge in [0.15, 0.2) is 0 Å². The number of rotatable bonds is 10. The van der Waals surface area contributed by atoms with E-state index in [1.54, 1.807) is 23.1 Å². The van der Waals surface area contributed by atoms with E-state index < -0.39 is 17.4 Å². The molecule has 7 heteroatoms. The van der Waals surface area contributed by atoms with Gasteiger partial charge in [-0.1, -0.05) is 78.3 Å². The van der Waals surface area contributed by atoms with Gasteiger partial charge >= 0.3 is 5.97 Å². The van der Waals surface area contributed by atoms with E-state index in [0.29, 0.717) is 30.7 Å². The summed E-state index contributed by atoms with van der Waals surface area (Å²) in [5, 5.41) is 9.51. The SMILES string of the molecule is C[C@]1(Cc2ccc(Cl)c(F)c2)Cc2cc(C(=O)N(CCC(=O)O)CC(c3ccccc3)c3ccccc3)ccc2O1. The Morgan fingerprint density at radius 1 is 0.976 bits per heavy atom. The number of carboxylic acid groups (broad SMARTS) is 1. The zero-order chi connectivity index (χ0) is 29.0. The minimum absolute atomic E-state index is 0.0758. The van der Waals surface area contributed by atoms with E-state index in [-0.39, 0.29) is 29.8 Å². The molecule has 1 amide bonds. The standard InChI is InChI=1S/C34H31ClFNO4/c1-34(20-23-12-14-29(35)30(36)18-23)21-27-19-26(13-15-31(27)41-34)33(40)37(17-16-32(38)39)22-28(24-8-4-2-5-9-24)25-10-6-3-7-11-25/h2-15,18-19,28H,16-17,20-22H2,1H3,(H,38,39)/t34-/m0/s1. The van der Waals surface area contributed by atoms with Gasteiger partial charge < -0.3 is 14.7 Å². The zero-order valence-corrected chi connectivity index (χ0v) is 23.5. The van der Waals surface area contributed by atoms with E-state index in [1.807, 2.05) is 73.7 Å². The average molecular weight is 572 g/mol. The summed E-state index contributed by atoms with van der Waals surface area (Å²) in [5.41, 5.74) is 3.60. The van der Waals surface area contributed by atoms with Crippen molar-refractivity contribution in [1.82, 2.24) is 4.90 Å². The number of carbonyl (C=O) groups is 2. The van der Waals surface area contributed by atoms with Crippen molar-refractivity contribution in [3.63, 3.8) is 0 Å². The highest BCUT2D eigenvalue weighted by atomic mass is 35.5. The molecule has 5 nitrogen and oxygen atoms in total. The second-order valence-corrected chi connectivity index (χ2v) is 11.2. The van der Waals surface area contributed by atoms with Crippen LogP contribution >= 0.6 is 11.6 Å². The summed E-state index contributed by atoms with van der Waals surface area (Å²) >= 11 is 5.84. The fourth-order valence-electron chi connectivity index (χ4n) is 5.52. The lowest BCUT2D eigenvalue weighted by atomic mass is 9.90. The third kappa shape index (κ3) is 6.77. The highest BCUT2D eigenvalue weighted by Gasteiger charge is 2.36. The molecule has 1 aliphatic rings. The molecule has 0 bridgehead atoms. The van der Waals surface area contributed by atoms with Crippen LogP contribution in [0.15, 0.2) is 97.1 Å². The van der Waals surface area contributed by atoms with Crippen molar-refractivity contribution < 1.29 is 23.8 Å². The molecule has 4 aromatic carbocycles.